The van der Waals surface area contributed by atoms with Crippen LogP contribution in [0.25, 0.3) is 10.8 Å². The van der Waals surface area contributed by atoms with Crippen LogP contribution in [-0.2, 0) is 4.74 Å². The Kier molecular flexibility index (Phi) is 2.93. The first-order valence-corrected chi connectivity index (χ1v) is 5.17. The van der Waals surface area contributed by atoms with Crippen molar-refractivity contribution in [2.45, 2.75) is 6.92 Å². The van der Waals surface area contributed by atoms with Gasteiger partial charge in [0.05, 0.1) is 17.4 Å². The number of hydrogen-bond donors (Lipinski definition) is 0. The molecule has 2 aromatic rings. The Labute approximate surface area is 102 Å². The molecule has 0 aliphatic rings. The molecule has 0 N–H and O–H groups in total. The summed E-state index contributed by atoms with van der Waals surface area (Å²) in [5.41, 5.74) is 0.604. The van der Waals surface area contributed by atoms with Crippen LogP contribution >= 0.6 is 0 Å². The van der Waals surface area contributed by atoms with Crippen LogP contribution in [0.5, 0.6) is 0 Å². The van der Waals surface area contributed by atoms with Gasteiger partial charge >= 0.3 is 5.97 Å². The lowest BCUT2D eigenvalue weighted by molar-refractivity contribution is -0.383. The van der Waals surface area contributed by atoms with Crippen LogP contribution in [0.15, 0.2) is 24.4 Å². The van der Waals surface area contributed by atoms with Gasteiger partial charge in [-0.1, -0.05) is 12.1 Å². The molecule has 1 aromatic heterocycles. The zero-order valence-electron chi connectivity index (χ0n) is 9.84. The maximum absolute atomic E-state index is 11.5. The Hall–Kier alpha value is -2.50. The van der Waals surface area contributed by atoms with Gasteiger partial charge in [0.15, 0.2) is 5.69 Å². The molecule has 6 heteroatoms. The number of aryl methyl sites for hydroxylation is 1. The van der Waals surface area contributed by atoms with E-state index in [2.05, 4.69) is 9.72 Å². The van der Waals surface area contributed by atoms with Crippen molar-refractivity contribution in [3.8, 4) is 0 Å². The largest absolute Gasteiger partial charge is 0.464 e. The molecule has 0 unspecified atom stereocenters. The van der Waals surface area contributed by atoms with Crippen LogP contribution in [0.3, 0.4) is 0 Å². The molecule has 2 rings (SSSR count). The van der Waals surface area contributed by atoms with E-state index in [1.54, 1.807) is 19.1 Å². The van der Waals surface area contributed by atoms with Crippen molar-refractivity contribution in [1.29, 1.82) is 0 Å². The molecule has 0 saturated heterocycles. The average Bonchev–Trinajstić information content (AvgIpc) is 2.36. The van der Waals surface area contributed by atoms with Crippen LogP contribution in [0.4, 0.5) is 5.69 Å². The third-order valence-corrected chi connectivity index (χ3v) is 2.68. The predicted octanol–water partition coefficient (Wildman–Crippen LogP) is 2.24. The number of methoxy groups -OCH3 is 1. The van der Waals surface area contributed by atoms with Crippen molar-refractivity contribution < 1.29 is 14.5 Å². The first kappa shape index (κ1) is 12.0. The van der Waals surface area contributed by atoms with Crippen LogP contribution in [-0.4, -0.2) is 23.0 Å². The van der Waals surface area contributed by atoms with Gasteiger partial charge in [0.25, 0.3) is 5.69 Å². The molecule has 0 amide bonds. The molecule has 18 heavy (non-hydrogen) atoms. The number of fused-ring (bicyclic) bond motifs is 1. The first-order chi connectivity index (χ1) is 8.56. The van der Waals surface area contributed by atoms with E-state index in [1.165, 1.54) is 19.4 Å². The highest BCUT2D eigenvalue weighted by Gasteiger charge is 2.20. The number of rotatable bonds is 2. The summed E-state index contributed by atoms with van der Waals surface area (Å²) >= 11 is 0. The minimum Gasteiger partial charge on any atom is -0.464 e. The highest BCUT2D eigenvalue weighted by Crippen LogP contribution is 2.30. The zero-order chi connectivity index (χ0) is 13.3. The second kappa shape index (κ2) is 4.40. The zero-order valence-corrected chi connectivity index (χ0v) is 9.84. The fraction of sp³-hybridized carbons (Fsp3) is 0.167. The van der Waals surface area contributed by atoms with Crippen molar-refractivity contribution >= 4 is 22.4 Å². The first-order valence-electron chi connectivity index (χ1n) is 5.17. The molecule has 0 aliphatic heterocycles. The Morgan fingerprint density at radius 2 is 2.06 bits per heavy atom. The summed E-state index contributed by atoms with van der Waals surface area (Å²) in [4.78, 5) is 26.0. The van der Waals surface area contributed by atoms with Gasteiger partial charge in [-0.3, -0.25) is 10.1 Å². The van der Waals surface area contributed by atoms with Gasteiger partial charge in [0.1, 0.15) is 0 Å². The summed E-state index contributed by atoms with van der Waals surface area (Å²) < 4.78 is 4.60. The van der Waals surface area contributed by atoms with Crippen molar-refractivity contribution in [1.82, 2.24) is 4.98 Å². The Morgan fingerprint density at radius 1 is 1.33 bits per heavy atom. The van der Waals surface area contributed by atoms with E-state index in [4.69, 9.17) is 0 Å². The number of pyridine rings is 1. The molecule has 0 bridgehead atoms. The van der Waals surface area contributed by atoms with Crippen molar-refractivity contribution in [3.05, 3.63) is 45.8 Å². The topological polar surface area (TPSA) is 82.3 Å². The Morgan fingerprint density at radius 3 is 2.67 bits per heavy atom. The highest BCUT2D eigenvalue weighted by molar-refractivity contribution is 6.05. The van der Waals surface area contributed by atoms with E-state index in [9.17, 15) is 14.9 Å². The van der Waals surface area contributed by atoms with Gasteiger partial charge in [-0.2, -0.15) is 0 Å². The number of aromatic nitrogens is 1. The number of nitrogens with zero attached hydrogens (tertiary/aromatic N) is 2. The molecule has 0 aliphatic carbocycles. The smallest absolute Gasteiger partial charge is 0.357 e. The number of benzene rings is 1. The summed E-state index contributed by atoms with van der Waals surface area (Å²) in [6.07, 6.45) is 1.36. The van der Waals surface area contributed by atoms with Crippen LogP contribution < -0.4 is 0 Å². The minimum atomic E-state index is -0.612. The molecule has 0 fully saturated rings. The number of nitro benzene ring substituents is 1. The second-order valence-electron chi connectivity index (χ2n) is 3.73. The summed E-state index contributed by atoms with van der Waals surface area (Å²) in [5, 5.41) is 11.9. The summed E-state index contributed by atoms with van der Waals surface area (Å²) in [6.45, 7) is 1.65. The monoisotopic (exact) mass is 246 g/mol. The average molecular weight is 246 g/mol. The fourth-order valence-electron chi connectivity index (χ4n) is 1.85. The van der Waals surface area contributed by atoms with E-state index in [0.29, 0.717) is 16.3 Å². The molecule has 0 spiro atoms. The van der Waals surface area contributed by atoms with Crippen molar-refractivity contribution in [2.24, 2.45) is 0 Å². The third kappa shape index (κ3) is 1.77. The van der Waals surface area contributed by atoms with Crippen molar-refractivity contribution in [3.63, 3.8) is 0 Å². The molecule has 1 aromatic carbocycles. The maximum Gasteiger partial charge on any atom is 0.357 e. The highest BCUT2D eigenvalue weighted by atomic mass is 16.6. The normalized spacial score (nSPS) is 10.3. The fourth-order valence-corrected chi connectivity index (χ4v) is 1.85. The summed E-state index contributed by atoms with van der Waals surface area (Å²) in [6, 6.07) is 4.75. The predicted molar refractivity (Wildman–Crippen MR) is 64.5 cm³/mol. The standard InChI is InChI=1S/C12H10N2O4/c1-7-3-4-8-9(11(7)14(16)17)5-6-13-10(8)12(15)18-2/h3-6H,1-2H3. The van der Waals surface area contributed by atoms with Gasteiger partial charge < -0.3 is 4.74 Å². The van der Waals surface area contributed by atoms with Gasteiger partial charge in [0.2, 0.25) is 0 Å². The van der Waals surface area contributed by atoms with E-state index < -0.39 is 10.9 Å². The lowest BCUT2D eigenvalue weighted by Gasteiger charge is -2.05. The quantitative estimate of drug-likeness (QED) is 0.461. The number of nitro groups is 1. The molecule has 0 atom stereocenters. The van der Waals surface area contributed by atoms with Crippen molar-refractivity contribution in [2.75, 3.05) is 7.11 Å². The van der Waals surface area contributed by atoms with Gasteiger partial charge in [-0.05, 0) is 13.0 Å². The number of carbonyl (C=O) groups excluding carboxylic acids is 1. The molecular weight excluding hydrogens is 236 g/mol. The summed E-state index contributed by atoms with van der Waals surface area (Å²) in [7, 11) is 1.24. The lowest BCUT2D eigenvalue weighted by Crippen LogP contribution is -2.05. The van der Waals surface area contributed by atoms with E-state index in [1.807, 2.05) is 0 Å². The number of hydrogen-bond acceptors (Lipinski definition) is 5. The lowest BCUT2D eigenvalue weighted by atomic mass is 10.0. The van der Waals surface area contributed by atoms with Crippen LogP contribution in [0.2, 0.25) is 0 Å². The van der Waals surface area contributed by atoms with E-state index >= 15 is 0 Å². The molecule has 0 radical (unpaired) electrons. The molecule has 92 valence electrons. The number of carbonyl (C=O) groups is 1. The summed E-state index contributed by atoms with van der Waals surface area (Å²) in [5.74, 6) is -0.612. The Bertz CT molecular complexity index is 652. The van der Waals surface area contributed by atoms with E-state index in [-0.39, 0.29) is 11.4 Å². The molecule has 1 heterocycles. The van der Waals surface area contributed by atoms with Crippen LogP contribution in [0.1, 0.15) is 16.1 Å². The van der Waals surface area contributed by atoms with Gasteiger partial charge in [-0.25, -0.2) is 9.78 Å². The molecule has 6 nitrogen and oxygen atoms in total. The van der Waals surface area contributed by atoms with E-state index in [0.717, 1.165) is 0 Å². The second-order valence-corrected chi connectivity index (χ2v) is 3.73. The van der Waals surface area contributed by atoms with Gasteiger partial charge in [-0.15, -0.1) is 0 Å². The van der Waals surface area contributed by atoms with Gasteiger partial charge in [0, 0.05) is 17.1 Å². The minimum absolute atomic E-state index is 0.0138. The molecule has 0 saturated carbocycles. The maximum atomic E-state index is 11.5. The Balaban J connectivity index is 2.85. The number of esters is 1. The number of ether oxygens (including phenoxy) is 1. The third-order valence-electron chi connectivity index (χ3n) is 2.68. The van der Waals surface area contributed by atoms with Crippen LogP contribution in [0, 0.1) is 17.0 Å². The molecular formula is C12H10N2O4. The SMILES string of the molecule is COC(=O)c1nccc2c([N+](=O)[O-])c(C)ccc12.